The number of nitrogens with zero attached hydrogens (tertiary/aromatic N) is 2. The van der Waals surface area contributed by atoms with Gasteiger partial charge in [0.05, 0.1) is 19.0 Å². The highest BCUT2D eigenvalue weighted by Gasteiger charge is 2.34. The van der Waals surface area contributed by atoms with Gasteiger partial charge in [-0.15, -0.1) is 0 Å². The van der Waals surface area contributed by atoms with Gasteiger partial charge in [0.2, 0.25) is 10.0 Å². The Morgan fingerprint density at radius 1 is 1.33 bits per heavy atom. The summed E-state index contributed by atoms with van der Waals surface area (Å²) < 4.78 is 31.1. The van der Waals surface area contributed by atoms with E-state index in [-0.39, 0.29) is 5.75 Å². The fraction of sp³-hybridized carbons (Fsp3) is 0.833. The van der Waals surface area contributed by atoms with Crippen molar-refractivity contribution in [3.05, 3.63) is 12.2 Å². The number of hydrogen-bond acceptors (Lipinski definition) is 4. The molecule has 18 heavy (non-hydrogen) atoms. The molecule has 6 heteroatoms. The third kappa shape index (κ3) is 3.32. The Labute approximate surface area is 109 Å². The third-order valence-electron chi connectivity index (χ3n) is 3.51. The van der Waals surface area contributed by atoms with E-state index >= 15 is 0 Å². The molecule has 0 aliphatic carbocycles. The van der Waals surface area contributed by atoms with Crippen molar-refractivity contribution < 1.29 is 13.2 Å². The molecule has 2 aliphatic rings. The van der Waals surface area contributed by atoms with Crippen LogP contribution in [-0.2, 0) is 14.8 Å². The summed E-state index contributed by atoms with van der Waals surface area (Å²) in [6.07, 6.45) is 0.926. The standard InChI is InChI=1S/C12H22N2O3S/c1-11(2)10-18(15,16)14-4-3-12(9-14)13-5-7-17-8-6-13/h12H,1,3-10H2,2H3/t12-/m1/s1. The molecule has 2 rings (SSSR count). The van der Waals surface area contributed by atoms with E-state index in [9.17, 15) is 8.42 Å². The summed E-state index contributed by atoms with van der Waals surface area (Å²) in [4.78, 5) is 2.35. The topological polar surface area (TPSA) is 49.9 Å². The lowest BCUT2D eigenvalue weighted by atomic mass is 10.2. The van der Waals surface area contributed by atoms with Crippen molar-refractivity contribution in [2.24, 2.45) is 0 Å². The number of rotatable bonds is 4. The predicted molar refractivity (Wildman–Crippen MR) is 71.0 cm³/mol. The first-order chi connectivity index (χ1) is 8.49. The molecule has 5 nitrogen and oxygen atoms in total. The maximum atomic E-state index is 12.1. The van der Waals surface area contributed by atoms with Gasteiger partial charge < -0.3 is 4.74 Å². The second-order valence-electron chi connectivity index (χ2n) is 5.16. The molecule has 0 aromatic carbocycles. The van der Waals surface area contributed by atoms with Crippen LogP contribution in [0.1, 0.15) is 13.3 Å². The van der Waals surface area contributed by atoms with Crippen LogP contribution < -0.4 is 0 Å². The molecule has 0 radical (unpaired) electrons. The Balaban J connectivity index is 1.93. The number of morpholine rings is 1. The smallest absolute Gasteiger partial charge is 0.217 e. The number of ether oxygens (including phenoxy) is 1. The van der Waals surface area contributed by atoms with Gasteiger partial charge in [0.25, 0.3) is 0 Å². The first-order valence-electron chi connectivity index (χ1n) is 6.43. The lowest BCUT2D eigenvalue weighted by Crippen LogP contribution is -2.45. The molecular weight excluding hydrogens is 252 g/mol. The highest BCUT2D eigenvalue weighted by atomic mass is 32.2. The highest BCUT2D eigenvalue weighted by molar-refractivity contribution is 7.89. The fourth-order valence-electron chi connectivity index (χ4n) is 2.61. The van der Waals surface area contributed by atoms with Crippen LogP contribution in [0.4, 0.5) is 0 Å². The molecule has 0 N–H and O–H groups in total. The van der Waals surface area contributed by atoms with Gasteiger partial charge in [-0.1, -0.05) is 12.2 Å². The molecule has 0 aromatic rings. The molecule has 0 spiro atoms. The third-order valence-corrected chi connectivity index (χ3v) is 5.49. The molecule has 0 unspecified atom stereocenters. The molecule has 2 saturated heterocycles. The average Bonchev–Trinajstić information content (AvgIpc) is 2.78. The quantitative estimate of drug-likeness (QED) is 0.692. The van der Waals surface area contributed by atoms with Gasteiger partial charge in [-0.2, -0.15) is 0 Å². The zero-order valence-electron chi connectivity index (χ0n) is 11.0. The Kier molecular flexibility index (Phi) is 4.42. The van der Waals surface area contributed by atoms with Gasteiger partial charge in [0, 0.05) is 32.2 Å². The van der Waals surface area contributed by atoms with E-state index in [1.54, 1.807) is 11.2 Å². The van der Waals surface area contributed by atoms with Crippen LogP contribution in [0, 0.1) is 0 Å². The van der Waals surface area contributed by atoms with Gasteiger partial charge in [-0.25, -0.2) is 12.7 Å². The molecule has 0 aromatic heterocycles. The summed E-state index contributed by atoms with van der Waals surface area (Å²) in [5.74, 6) is 0.0723. The molecule has 0 amide bonds. The van der Waals surface area contributed by atoms with Crippen LogP contribution in [0.2, 0.25) is 0 Å². The van der Waals surface area contributed by atoms with Crippen molar-refractivity contribution in [2.45, 2.75) is 19.4 Å². The first-order valence-corrected chi connectivity index (χ1v) is 8.04. The van der Waals surface area contributed by atoms with E-state index in [1.165, 1.54) is 0 Å². The summed E-state index contributed by atoms with van der Waals surface area (Å²) in [7, 11) is -3.15. The van der Waals surface area contributed by atoms with E-state index in [2.05, 4.69) is 11.5 Å². The second-order valence-corrected chi connectivity index (χ2v) is 7.13. The Morgan fingerprint density at radius 2 is 2.00 bits per heavy atom. The molecule has 1 atom stereocenters. The SMILES string of the molecule is C=C(C)CS(=O)(=O)N1CC[C@@H](N2CCOCC2)C1. The summed E-state index contributed by atoms with van der Waals surface area (Å²) in [6.45, 7) is 10.1. The van der Waals surface area contributed by atoms with Crippen molar-refractivity contribution in [3.8, 4) is 0 Å². The Hall–Kier alpha value is -0.430. The molecule has 2 fully saturated rings. The maximum Gasteiger partial charge on any atom is 0.217 e. The van der Waals surface area contributed by atoms with Crippen LogP contribution in [0.3, 0.4) is 0 Å². The molecular formula is C12H22N2O3S. The first kappa shape index (κ1) is 14.0. The van der Waals surface area contributed by atoms with Gasteiger partial charge in [-0.05, 0) is 13.3 Å². The van der Waals surface area contributed by atoms with E-state index < -0.39 is 10.0 Å². The molecule has 0 saturated carbocycles. The highest BCUT2D eigenvalue weighted by Crippen LogP contribution is 2.20. The van der Waals surface area contributed by atoms with Crippen LogP contribution in [0.15, 0.2) is 12.2 Å². The van der Waals surface area contributed by atoms with Crippen LogP contribution in [0.25, 0.3) is 0 Å². The number of hydrogen-bond donors (Lipinski definition) is 0. The van der Waals surface area contributed by atoms with Gasteiger partial charge >= 0.3 is 0 Å². The minimum Gasteiger partial charge on any atom is -0.379 e. The summed E-state index contributed by atoms with van der Waals surface area (Å²) >= 11 is 0. The van der Waals surface area contributed by atoms with Gasteiger partial charge in [0.1, 0.15) is 0 Å². The van der Waals surface area contributed by atoms with Crippen molar-refractivity contribution >= 4 is 10.0 Å². The van der Waals surface area contributed by atoms with E-state index in [1.807, 2.05) is 0 Å². The van der Waals surface area contributed by atoms with Crippen molar-refractivity contribution in [1.82, 2.24) is 9.21 Å². The average molecular weight is 274 g/mol. The molecule has 2 heterocycles. The molecule has 2 aliphatic heterocycles. The van der Waals surface area contributed by atoms with E-state index in [4.69, 9.17) is 4.74 Å². The van der Waals surface area contributed by atoms with E-state index in [0.717, 1.165) is 32.7 Å². The predicted octanol–water partition coefficient (Wildman–Crippen LogP) is 0.299. The minimum atomic E-state index is -3.15. The van der Waals surface area contributed by atoms with E-state index in [0.29, 0.717) is 24.7 Å². The minimum absolute atomic E-state index is 0.0723. The van der Waals surface area contributed by atoms with Crippen molar-refractivity contribution in [2.75, 3.05) is 45.1 Å². The largest absolute Gasteiger partial charge is 0.379 e. The molecule has 0 bridgehead atoms. The van der Waals surface area contributed by atoms with Crippen molar-refractivity contribution in [3.63, 3.8) is 0 Å². The lowest BCUT2D eigenvalue weighted by Gasteiger charge is -2.32. The van der Waals surface area contributed by atoms with Crippen LogP contribution in [-0.4, -0.2) is 68.8 Å². The van der Waals surface area contributed by atoms with Crippen LogP contribution >= 0.6 is 0 Å². The van der Waals surface area contributed by atoms with Gasteiger partial charge in [0.15, 0.2) is 0 Å². The lowest BCUT2D eigenvalue weighted by molar-refractivity contribution is 0.0197. The summed E-state index contributed by atoms with van der Waals surface area (Å²) in [6, 6.07) is 0.355. The normalized spacial score (nSPS) is 27.5. The second kappa shape index (κ2) is 5.69. The Bertz CT molecular complexity index is 402. The number of sulfonamides is 1. The summed E-state index contributed by atoms with van der Waals surface area (Å²) in [5, 5.41) is 0. The monoisotopic (exact) mass is 274 g/mol. The zero-order chi connectivity index (χ0) is 13.2. The zero-order valence-corrected chi connectivity index (χ0v) is 11.8. The van der Waals surface area contributed by atoms with Crippen molar-refractivity contribution in [1.29, 1.82) is 0 Å². The fourth-order valence-corrected chi connectivity index (χ4v) is 4.19. The summed E-state index contributed by atoms with van der Waals surface area (Å²) in [5.41, 5.74) is 0.699. The van der Waals surface area contributed by atoms with Crippen LogP contribution in [0.5, 0.6) is 0 Å². The molecule has 104 valence electrons. The maximum absolute atomic E-state index is 12.1. The van der Waals surface area contributed by atoms with Gasteiger partial charge in [-0.3, -0.25) is 4.90 Å². The Morgan fingerprint density at radius 3 is 2.61 bits per heavy atom.